The van der Waals surface area contributed by atoms with Gasteiger partial charge in [-0.25, -0.2) is 9.78 Å². The van der Waals surface area contributed by atoms with Gasteiger partial charge in [-0.1, -0.05) is 46.6 Å². The highest BCUT2D eigenvalue weighted by Gasteiger charge is 2.21. The smallest absolute Gasteiger partial charge is 0.318 e. The van der Waals surface area contributed by atoms with Crippen molar-refractivity contribution in [2.45, 2.75) is 72.8 Å². The summed E-state index contributed by atoms with van der Waals surface area (Å²) in [5.74, 6) is 0.667. The maximum Gasteiger partial charge on any atom is 0.318 e. The highest BCUT2D eigenvalue weighted by atomic mass is 32.2. The fourth-order valence-electron chi connectivity index (χ4n) is 3.02. The first-order chi connectivity index (χ1) is 16.2. The number of anilines is 1. The van der Waals surface area contributed by atoms with Crippen molar-refractivity contribution >= 4 is 29.7 Å². The fourth-order valence-corrected chi connectivity index (χ4v) is 3.98. The third-order valence-electron chi connectivity index (χ3n) is 4.89. The number of nitrogens with one attached hydrogen (secondary N) is 2. The molecule has 0 saturated heterocycles. The third-order valence-corrected chi connectivity index (χ3v) is 5.86. The minimum atomic E-state index is -0.887. The minimum absolute atomic E-state index is 0.219. The van der Waals surface area contributed by atoms with Crippen LogP contribution in [0.2, 0.25) is 0 Å². The number of carbonyl (C=O) groups excluding carboxylic acids is 2. The van der Waals surface area contributed by atoms with E-state index in [1.54, 1.807) is 11.8 Å². The number of imide groups is 1. The van der Waals surface area contributed by atoms with Gasteiger partial charge >= 0.3 is 6.03 Å². The van der Waals surface area contributed by atoms with Crippen LogP contribution in [-0.4, -0.2) is 34.5 Å². The number of hydrogen-bond donors (Lipinski definition) is 3. The molecular weight excluding hydrogens is 448 g/mol. The van der Waals surface area contributed by atoms with Gasteiger partial charge in [-0.2, -0.15) is 11.8 Å². The molecule has 0 saturated carbocycles. The number of carbonyl (C=O) groups is 2. The molecule has 0 bridgehead atoms. The number of hydrogen-bond acceptors (Lipinski definition) is 6. The molecule has 1 atom stereocenters. The van der Waals surface area contributed by atoms with E-state index in [0.29, 0.717) is 5.75 Å². The van der Waals surface area contributed by atoms with Gasteiger partial charge in [0.25, 0.3) is 11.9 Å². The lowest BCUT2D eigenvalue weighted by atomic mass is 10.0. The Hall–Kier alpha value is -2.74. The minimum Gasteiger partial charge on any atom is -0.432 e. The second-order valence-electron chi connectivity index (χ2n) is 8.68. The predicted octanol–water partition coefficient (Wildman–Crippen LogP) is 6.14. The number of primary amides is 1. The van der Waals surface area contributed by atoms with E-state index in [9.17, 15) is 9.59 Å². The first kappa shape index (κ1) is 29.3. The van der Waals surface area contributed by atoms with Gasteiger partial charge in [-0.3, -0.25) is 10.1 Å². The lowest BCUT2D eigenvalue weighted by molar-refractivity contribution is -0.120. The molecule has 4 N–H and O–H groups in total. The topological polar surface area (TPSA) is 110 Å². The average Bonchev–Trinajstić information content (AvgIpc) is 3.25. The monoisotopic (exact) mass is 488 g/mol. The van der Waals surface area contributed by atoms with Crippen LogP contribution < -0.4 is 16.4 Å². The molecule has 1 rings (SSSR count). The van der Waals surface area contributed by atoms with Crippen molar-refractivity contribution in [2.24, 2.45) is 5.73 Å². The summed E-state index contributed by atoms with van der Waals surface area (Å²) in [7, 11) is 0. The number of rotatable bonds is 15. The number of oxazole rings is 1. The molecule has 1 unspecified atom stereocenters. The summed E-state index contributed by atoms with van der Waals surface area (Å²) in [4.78, 5) is 27.4. The molecule has 0 spiro atoms. The predicted molar refractivity (Wildman–Crippen MR) is 143 cm³/mol. The van der Waals surface area contributed by atoms with E-state index in [2.05, 4.69) is 74.5 Å². The second kappa shape index (κ2) is 16.8. The molecule has 1 heterocycles. The standard InChI is InChI=1S/C26H40N4O3S/c1-19(2)8-6-9-21(5)10-7-11-22(13-12-20(3)4)14-17-34-18-23(24(31)30-25(27)32)29-26-28-15-16-33-26/h8,10,12,14-16,23H,6-7,9,11,13,17-18H2,1-5H3,(H,28,29)(H3,27,30,31,32)/b21-10+,22-14-. The van der Waals surface area contributed by atoms with Crippen molar-refractivity contribution in [3.8, 4) is 0 Å². The van der Waals surface area contributed by atoms with Crippen LogP contribution in [0.4, 0.5) is 10.8 Å². The average molecular weight is 489 g/mol. The molecule has 0 radical (unpaired) electrons. The Kier molecular flexibility index (Phi) is 14.5. The van der Waals surface area contributed by atoms with Crippen molar-refractivity contribution in [3.05, 3.63) is 59.1 Å². The Labute approximate surface area is 208 Å². The molecule has 1 aromatic heterocycles. The van der Waals surface area contributed by atoms with E-state index in [-0.39, 0.29) is 6.01 Å². The number of amides is 3. The van der Waals surface area contributed by atoms with Crippen molar-refractivity contribution < 1.29 is 14.0 Å². The van der Waals surface area contributed by atoms with Crippen LogP contribution in [0.5, 0.6) is 0 Å². The van der Waals surface area contributed by atoms with E-state index >= 15 is 0 Å². The molecule has 0 aliphatic rings. The Morgan fingerprint density at radius 2 is 1.76 bits per heavy atom. The van der Waals surface area contributed by atoms with Gasteiger partial charge in [0, 0.05) is 11.5 Å². The van der Waals surface area contributed by atoms with Gasteiger partial charge in [0.2, 0.25) is 0 Å². The molecular formula is C26H40N4O3S. The number of thioether (sulfide) groups is 1. The summed E-state index contributed by atoms with van der Waals surface area (Å²) < 4.78 is 5.16. The second-order valence-corrected chi connectivity index (χ2v) is 9.76. The normalized spacial score (nSPS) is 12.6. The number of nitrogens with zero attached hydrogens (tertiary/aromatic N) is 1. The lowest BCUT2D eigenvalue weighted by Gasteiger charge is -2.15. The van der Waals surface area contributed by atoms with Gasteiger partial charge in [-0.15, -0.1) is 0 Å². The van der Waals surface area contributed by atoms with Crippen LogP contribution in [0.3, 0.4) is 0 Å². The molecule has 0 aliphatic carbocycles. The summed E-state index contributed by atoms with van der Waals surface area (Å²) in [6, 6.07) is -1.36. The molecule has 34 heavy (non-hydrogen) atoms. The Morgan fingerprint density at radius 3 is 2.38 bits per heavy atom. The molecule has 7 nitrogen and oxygen atoms in total. The quantitative estimate of drug-likeness (QED) is 0.202. The molecule has 0 aliphatic heterocycles. The molecule has 188 valence electrons. The maximum absolute atomic E-state index is 12.3. The lowest BCUT2D eigenvalue weighted by Crippen LogP contribution is -2.46. The van der Waals surface area contributed by atoms with Crippen LogP contribution in [0.15, 0.2) is 63.5 Å². The van der Waals surface area contributed by atoms with Gasteiger partial charge < -0.3 is 15.5 Å². The van der Waals surface area contributed by atoms with Gasteiger partial charge in [0.15, 0.2) is 0 Å². The van der Waals surface area contributed by atoms with Crippen LogP contribution in [0.1, 0.15) is 66.7 Å². The number of nitrogens with two attached hydrogens (primary N) is 1. The van der Waals surface area contributed by atoms with E-state index in [1.165, 1.54) is 34.8 Å². The van der Waals surface area contributed by atoms with Crippen molar-refractivity contribution in [2.75, 3.05) is 16.8 Å². The van der Waals surface area contributed by atoms with Gasteiger partial charge in [0.05, 0.1) is 6.20 Å². The zero-order chi connectivity index (χ0) is 25.3. The van der Waals surface area contributed by atoms with Crippen LogP contribution in [0.25, 0.3) is 0 Å². The van der Waals surface area contributed by atoms with E-state index in [1.807, 2.05) is 0 Å². The molecule has 0 fully saturated rings. The third kappa shape index (κ3) is 14.4. The Balaban J connectivity index is 2.66. The molecule has 1 aromatic rings. The molecule has 3 amide bonds. The van der Waals surface area contributed by atoms with Gasteiger partial charge in [0.1, 0.15) is 12.3 Å². The first-order valence-corrected chi connectivity index (χ1v) is 12.8. The zero-order valence-corrected chi connectivity index (χ0v) is 22.0. The first-order valence-electron chi connectivity index (χ1n) is 11.6. The Bertz CT molecular complexity index is 878. The van der Waals surface area contributed by atoms with Crippen molar-refractivity contribution in [3.63, 3.8) is 0 Å². The van der Waals surface area contributed by atoms with Crippen LogP contribution in [0, 0.1) is 0 Å². The fraction of sp³-hybridized carbons (Fsp3) is 0.500. The number of urea groups is 1. The van der Waals surface area contributed by atoms with E-state index < -0.39 is 18.0 Å². The number of allylic oxidation sites excluding steroid dienone is 7. The van der Waals surface area contributed by atoms with Crippen LogP contribution >= 0.6 is 11.8 Å². The maximum atomic E-state index is 12.3. The molecule has 8 heteroatoms. The SMILES string of the molecule is CC(C)=CCC/C(C)=C/CC/C(=C/CSCC(Nc1ncco1)C(=O)NC(N)=O)CC=C(C)C. The highest BCUT2D eigenvalue weighted by Crippen LogP contribution is 2.18. The van der Waals surface area contributed by atoms with E-state index in [0.717, 1.165) is 37.9 Å². The summed E-state index contributed by atoms with van der Waals surface area (Å²) in [6.07, 6.45) is 17.1. The van der Waals surface area contributed by atoms with Crippen molar-refractivity contribution in [1.29, 1.82) is 0 Å². The molecule has 0 aromatic carbocycles. The largest absolute Gasteiger partial charge is 0.432 e. The van der Waals surface area contributed by atoms with E-state index in [4.69, 9.17) is 10.2 Å². The Morgan fingerprint density at radius 1 is 1.06 bits per heavy atom. The van der Waals surface area contributed by atoms with Crippen LogP contribution in [-0.2, 0) is 4.79 Å². The number of aromatic nitrogens is 1. The zero-order valence-electron chi connectivity index (χ0n) is 21.1. The van der Waals surface area contributed by atoms with Crippen molar-refractivity contribution in [1.82, 2.24) is 10.3 Å². The summed E-state index contributed by atoms with van der Waals surface area (Å²) in [6.45, 7) is 10.7. The summed E-state index contributed by atoms with van der Waals surface area (Å²) >= 11 is 1.59. The summed E-state index contributed by atoms with van der Waals surface area (Å²) in [5.41, 5.74) is 10.6. The highest BCUT2D eigenvalue weighted by molar-refractivity contribution is 7.99. The van der Waals surface area contributed by atoms with Gasteiger partial charge in [-0.05, 0) is 66.7 Å². The summed E-state index contributed by atoms with van der Waals surface area (Å²) in [5, 5.41) is 5.02.